The van der Waals surface area contributed by atoms with Crippen LogP contribution in [0.25, 0.3) is 10.9 Å². The summed E-state index contributed by atoms with van der Waals surface area (Å²) in [6.07, 6.45) is 12.8. The van der Waals surface area contributed by atoms with E-state index in [9.17, 15) is 14.7 Å². The number of para-hydroxylation sites is 1. The molecule has 220 valence electrons. The minimum absolute atomic E-state index is 0.0940. The van der Waals surface area contributed by atoms with E-state index in [-0.39, 0.29) is 23.5 Å². The summed E-state index contributed by atoms with van der Waals surface area (Å²) in [4.78, 5) is 33.9. The molecule has 0 bridgehead atoms. The van der Waals surface area contributed by atoms with Crippen LogP contribution in [0.5, 0.6) is 0 Å². The van der Waals surface area contributed by atoms with E-state index in [1.165, 1.54) is 25.5 Å². The van der Waals surface area contributed by atoms with Gasteiger partial charge in [-0.15, -0.1) is 0 Å². The van der Waals surface area contributed by atoms with Crippen molar-refractivity contribution in [1.82, 2.24) is 10.3 Å². The predicted octanol–water partition coefficient (Wildman–Crippen LogP) is 5.06. The Bertz CT molecular complexity index is 1380. The van der Waals surface area contributed by atoms with Gasteiger partial charge in [0.05, 0.1) is 18.9 Å². The highest BCUT2D eigenvalue weighted by atomic mass is 16.6. The van der Waals surface area contributed by atoms with Crippen molar-refractivity contribution in [1.29, 1.82) is 0 Å². The van der Waals surface area contributed by atoms with Gasteiger partial charge in [0.2, 0.25) is 0 Å². The lowest BCUT2D eigenvalue weighted by molar-refractivity contribution is -0.145. The maximum Gasteiger partial charge on any atom is 0.328 e. The molecule has 7 atom stereocenters. The number of amides is 1. The number of aromatic amines is 1. The summed E-state index contributed by atoms with van der Waals surface area (Å²) < 4.78 is 4.95. The molecule has 0 aliphatic heterocycles. The van der Waals surface area contributed by atoms with E-state index in [2.05, 4.69) is 35.4 Å². The summed E-state index contributed by atoms with van der Waals surface area (Å²) in [6.45, 7) is 4.50. The molecule has 4 aliphatic rings. The molecule has 1 amide bonds. The van der Waals surface area contributed by atoms with Crippen LogP contribution in [0, 0.1) is 28.6 Å². The Kier molecular flexibility index (Phi) is 7.47. The lowest BCUT2D eigenvalue weighted by atomic mass is 9.47. The highest BCUT2D eigenvalue weighted by Crippen LogP contribution is 2.65. The van der Waals surface area contributed by atoms with E-state index in [0.717, 1.165) is 60.7 Å². The van der Waals surface area contributed by atoms with Gasteiger partial charge in [-0.25, -0.2) is 4.79 Å². The van der Waals surface area contributed by atoms with Gasteiger partial charge in [-0.05, 0) is 97.7 Å². The Balaban J connectivity index is 1.07. The zero-order valence-electron chi connectivity index (χ0n) is 24.4. The molecule has 3 saturated carbocycles. The fourth-order valence-electron chi connectivity index (χ4n) is 8.88. The first kappa shape index (κ1) is 28.0. The van der Waals surface area contributed by atoms with E-state index in [1.807, 2.05) is 30.5 Å². The lowest BCUT2D eigenvalue weighted by Crippen LogP contribution is -2.51. The number of aliphatic hydroxyl groups excluding tert-OH is 1. The second-order valence-electron chi connectivity index (χ2n) is 13.2. The third-order valence-corrected chi connectivity index (χ3v) is 11.2. The highest BCUT2D eigenvalue weighted by molar-refractivity contribution is 5.96. The van der Waals surface area contributed by atoms with Gasteiger partial charge in [0, 0.05) is 23.5 Å². The SMILES string of the molecule is COC(=O)[C@@H](Cc1c[nH]c2ccccc12)NC(=O)CO/N=C1/C=C2CC[C@@H]3[C@H]4CC[C@@H](O)[C@@]4(C)CC[C@H]3[C@@]2(C)CC1. The molecule has 4 aliphatic carbocycles. The van der Waals surface area contributed by atoms with Gasteiger partial charge >= 0.3 is 5.97 Å². The van der Waals surface area contributed by atoms with Crippen LogP contribution in [0.15, 0.2) is 47.3 Å². The van der Waals surface area contributed by atoms with Crippen molar-refractivity contribution in [2.75, 3.05) is 13.7 Å². The van der Waals surface area contributed by atoms with Crippen molar-refractivity contribution in [2.45, 2.75) is 83.8 Å². The summed E-state index contributed by atoms with van der Waals surface area (Å²) in [7, 11) is 1.32. The number of esters is 1. The normalized spacial score (nSPS) is 34.2. The number of hydrogen-bond acceptors (Lipinski definition) is 6. The Morgan fingerprint density at radius 2 is 1.95 bits per heavy atom. The van der Waals surface area contributed by atoms with Gasteiger partial charge in [-0.2, -0.15) is 0 Å². The fourth-order valence-corrected chi connectivity index (χ4v) is 8.88. The molecule has 1 aromatic carbocycles. The number of benzene rings is 1. The minimum Gasteiger partial charge on any atom is -0.467 e. The maximum atomic E-state index is 12.7. The van der Waals surface area contributed by atoms with Crippen LogP contribution in [0.3, 0.4) is 0 Å². The van der Waals surface area contributed by atoms with Crippen LogP contribution in [-0.4, -0.2) is 53.5 Å². The molecular weight excluding hydrogens is 518 g/mol. The zero-order valence-corrected chi connectivity index (χ0v) is 24.4. The van der Waals surface area contributed by atoms with E-state index >= 15 is 0 Å². The van der Waals surface area contributed by atoms with Gasteiger partial charge in [-0.3, -0.25) is 4.79 Å². The van der Waals surface area contributed by atoms with Crippen LogP contribution < -0.4 is 5.32 Å². The molecular formula is C33H43N3O5. The number of nitrogens with zero attached hydrogens (tertiary/aromatic N) is 1. The Labute approximate surface area is 241 Å². The van der Waals surface area contributed by atoms with Crippen molar-refractivity contribution in [2.24, 2.45) is 33.7 Å². The monoisotopic (exact) mass is 561 g/mol. The predicted molar refractivity (Wildman–Crippen MR) is 157 cm³/mol. The number of hydrogen-bond donors (Lipinski definition) is 3. The number of ether oxygens (including phenoxy) is 1. The first-order valence-corrected chi connectivity index (χ1v) is 15.2. The van der Waals surface area contributed by atoms with Gasteiger partial charge in [0.25, 0.3) is 5.91 Å². The molecule has 1 heterocycles. The summed E-state index contributed by atoms with van der Waals surface area (Å²) >= 11 is 0. The largest absolute Gasteiger partial charge is 0.467 e. The maximum absolute atomic E-state index is 12.7. The van der Waals surface area contributed by atoms with Crippen molar-refractivity contribution in [3.8, 4) is 0 Å². The molecule has 0 saturated heterocycles. The Morgan fingerprint density at radius 1 is 1.12 bits per heavy atom. The van der Waals surface area contributed by atoms with Crippen molar-refractivity contribution in [3.05, 3.63) is 47.7 Å². The summed E-state index contributed by atoms with van der Waals surface area (Å²) in [5.74, 6) is 1.07. The molecule has 3 N–H and O–H groups in total. The highest BCUT2D eigenvalue weighted by Gasteiger charge is 2.58. The Hall–Kier alpha value is -3.13. The zero-order chi connectivity index (χ0) is 28.8. The second-order valence-corrected chi connectivity index (χ2v) is 13.2. The van der Waals surface area contributed by atoms with Gasteiger partial charge in [-0.1, -0.05) is 42.8 Å². The summed E-state index contributed by atoms with van der Waals surface area (Å²) in [6, 6.07) is 7.02. The molecule has 8 heteroatoms. The third kappa shape index (κ3) is 4.98. The van der Waals surface area contributed by atoms with Gasteiger partial charge < -0.3 is 25.0 Å². The number of aliphatic hydroxyl groups is 1. The van der Waals surface area contributed by atoms with E-state index in [0.29, 0.717) is 24.2 Å². The van der Waals surface area contributed by atoms with E-state index in [1.54, 1.807) is 0 Å². The van der Waals surface area contributed by atoms with Crippen LogP contribution in [0.4, 0.5) is 0 Å². The van der Waals surface area contributed by atoms with Gasteiger partial charge in [0.15, 0.2) is 6.61 Å². The van der Waals surface area contributed by atoms with Crippen molar-refractivity contribution < 1.29 is 24.3 Å². The molecule has 2 aromatic rings. The van der Waals surface area contributed by atoms with Crippen LogP contribution in [0.2, 0.25) is 0 Å². The number of fused-ring (bicyclic) bond motifs is 6. The summed E-state index contributed by atoms with van der Waals surface area (Å²) in [5, 5.41) is 18.8. The fraction of sp³-hybridized carbons (Fsp3) is 0.606. The number of allylic oxidation sites excluding steroid dienone is 2. The van der Waals surface area contributed by atoms with Crippen molar-refractivity contribution >= 4 is 28.5 Å². The van der Waals surface area contributed by atoms with Crippen LogP contribution in [-0.2, 0) is 25.6 Å². The first-order chi connectivity index (χ1) is 19.7. The molecule has 8 nitrogen and oxygen atoms in total. The van der Waals surface area contributed by atoms with E-state index < -0.39 is 17.9 Å². The number of carbonyl (C=O) groups is 2. The average Bonchev–Trinajstić information content (AvgIpc) is 3.52. The van der Waals surface area contributed by atoms with E-state index in [4.69, 9.17) is 9.57 Å². The van der Waals surface area contributed by atoms with Crippen molar-refractivity contribution in [3.63, 3.8) is 0 Å². The summed E-state index contributed by atoms with van der Waals surface area (Å²) in [5.41, 5.74) is 4.51. The van der Waals surface area contributed by atoms with Crippen LogP contribution in [0.1, 0.15) is 70.8 Å². The Morgan fingerprint density at radius 3 is 2.78 bits per heavy atom. The third-order valence-electron chi connectivity index (χ3n) is 11.2. The average molecular weight is 562 g/mol. The lowest BCUT2D eigenvalue weighted by Gasteiger charge is -2.57. The minimum atomic E-state index is -0.825. The molecule has 0 radical (unpaired) electrons. The van der Waals surface area contributed by atoms with Crippen LogP contribution >= 0.6 is 0 Å². The molecule has 41 heavy (non-hydrogen) atoms. The number of methoxy groups -OCH3 is 1. The topological polar surface area (TPSA) is 113 Å². The number of H-pyrrole nitrogens is 1. The number of aromatic nitrogens is 1. The quantitative estimate of drug-likeness (QED) is 0.323. The number of carbonyl (C=O) groups excluding carboxylic acids is 2. The second kappa shape index (κ2) is 10.9. The number of nitrogens with one attached hydrogen (secondary N) is 2. The number of rotatable bonds is 7. The standard InChI is InChI=1S/C33H43N3O5/c1-32-14-12-22(17-21(32)8-9-24-25-10-11-29(37)33(25,2)15-13-26(24)32)36-41-19-30(38)35-28(31(39)40-3)16-20-18-34-27-7-5-4-6-23(20)27/h4-7,17-18,24-26,28-29,34,37H,8-16,19H2,1-3H3,(H,35,38)/b36-22+/t24-,25-,26-,28-,29-,32+,33+/m1/s1. The van der Waals surface area contributed by atoms with Gasteiger partial charge in [0.1, 0.15) is 6.04 Å². The molecule has 6 rings (SSSR count). The molecule has 0 unspecified atom stereocenters. The molecule has 3 fully saturated rings. The number of oxime groups is 1. The first-order valence-electron chi connectivity index (χ1n) is 15.2. The molecule has 1 aromatic heterocycles. The smallest absolute Gasteiger partial charge is 0.328 e. The molecule has 0 spiro atoms.